The number of likely N-dealkylation sites (N-methyl/N-ethyl adjacent to an activating group) is 1. The molecule has 36 heavy (non-hydrogen) atoms. The summed E-state index contributed by atoms with van der Waals surface area (Å²) in [7, 11) is -3.15. The molecule has 0 fully saturated rings. The van der Waals surface area contributed by atoms with Crippen LogP contribution in [0.2, 0.25) is 10.0 Å². The molecule has 0 saturated carbocycles. The van der Waals surface area contributed by atoms with E-state index in [2.05, 4.69) is 15.0 Å². The third-order valence-electron chi connectivity index (χ3n) is 5.06. The minimum atomic E-state index is -4.89. The first-order valence-electron chi connectivity index (χ1n) is 10.1. The first-order valence-corrected chi connectivity index (χ1v) is 12.4. The summed E-state index contributed by atoms with van der Waals surface area (Å²) < 4.78 is 67.7. The van der Waals surface area contributed by atoms with Crippen LogP contribution < -0.4 is 10.0 Å². The highest BCUT2D eigenvalue weighted by Crippen LogP contribution is 2.36. The fourth-order valence-corrected chi connectivity index (χ4v) is 4.68. The van der Waals surface area contributed by atoms with Crippen LogP contribution >= 0.6 is 23.2 Å². The molecule has 0 radical (unpaired) electrons. The van der Waals surface area contributed by atoms with Crippen molar-refractivity contribution in [2.24, 2.45) is 0 Å². The van der Waals surface area contributed by atoms with Gasteiger partial charge in [-0.1, -0.05) is 35.3 Å². The van der Waals surface area contributed by atoms with Gasteiger partial charge in [0, 0.05) is 18.8 Å². The van der Waals surface area contributed by atoms with Gasteiger partial charge in [-0.25, -0.2) is 13.4 Å². The quantitative estimate of drug-likeness (QED) is 0.395. The lowest BCUT2D eigenvalue weighted by molar-refractivity contribution is -0.137. The lowest BCUT2D eigenvalue weighted by Gasteiger charge is -2.15. The third-order valence-corrected chi connectivity index (χ3v) is 6.96. The molecule has 1 amide bonds. The fourth-order valence-electron chi connectivity index (χ4n) is 3.22. The number of nitrogens with zero attached hydrogens (tertiary/aromatic N) is 1. The second kappa shape index (κ2) is 10.5. The summed E-state index contributed by atoms with van der Waals surface area (Å²) in [4.78, 5) is 28.3. The van der Waals surface area contributed by atoms with E-state index in [-0.39, 0.29) is 34.3 Å². The van der Waals surface area contributed by atoms with Crippen molar-refractivity contribution in [1.29, 1.82) is 0 Å². The van der Waals surface area contributed by atoms with Gasteiger partial charge in [0.2, 0.25) is 11.7 Å². The predicted octanol–water partition coefficient (Wildman–Crippen LogP) is 5.04. The van der Waals surface area contributed by atoms with E-state index in [9.17, 15) is 31.2 Å². The molecule has 13 heteroatoms. The number of benzene rings is 2. The number of aromatic nitrogens is 1. The molecule has 0 spiro atoms. The highest BCUT2D eigenvalue weighted by Gasteiger charge is 2.35. The lowest BCUT2D eigenvalue weighted by Crippen LogP contribution is -2.20. The van der Waals surface area contributed by atoms with E-state index in [0.29, 0.717) is 17.2 Å². The molecule has 7 nitrogen and oxygen atoms in total. The molecule has 0 saturated heterocycles. The molecule has 1 heterocycles. The number of anilines is 1. The number of pyridine rings is 1. The van der Waals surface area contributed by atoms with Crippen LogP contribution in [0.1, 0.15) is 32.7 Å². The van der Waals surface area contributed by atoms with Crippen molar-refractivity contribution in [2.75, 3.05) is 11.8 Å². The van der Waals surface area contributed by atoms with E-state index >= 15 is 0 Å². The first kappa shape index (κ1) is 27.4. The van der Waals surface area contributed by atoms with Gasteiger partial charge < -0.3 is 5.32 Å². The molecule has 3 aromatic rings. The van der Waals surface area contributed by atoms with Gasteiger partial charge in [-0.15, -0.1) is 0 Å². The number of rotatable bonds is 7. The molecule has 190 valence electrons. The highest BCUT2D eigenvalue weighted by molar-refractivity contribution is 7.92. The van der Waals surface area contributed by atoms with Crippen molar-refractivity contribution in [3.63, 3.8) is 0 Å². The maximum absolute atomic E-state index is 13.4. The van der Waals surface area contributed by atoms with Crippen LogP contribution in [0.5, 0.6) is 0 Å². The Kier molecular flexibility index (Phi) is 7.97. The number of aryl methyl sites for hydroxylation is 1. The van der Waals surface area contributed by atoms with E-state index in [0.717, 1.165) is 24.4 Å². The molecule has 0 aliphatic carbocycles. The number of hydrogen-bond acceptors (Lipinski definition) is 5. The molecule has 0 aliphatic rings. The fraction of sp³-hybridized carbons (Fsp3) is 0.174. The maximum atomic E-state index is 13.4. The molecular formula is C23H18Cl2F3N3O4S. The van der Waals surface area contributed by atoms with Crippen LogP contribution in [0.15, 0.2) is 53.6 Å². The number of hydrogen-bond donors (Lipinski definition) is 2. The van der Waals surface area contributed by atoms with Crippen LogP contribution in [-0.2, 0) is 27.4 Å². The largest absolute Gasteiger partial charge is 0.417 e. The molecule has 0 atom stereocenters. The van der Waals surface area contributed by atoms with Crippen molar-refractivity contribution in [3.8, 4) is 0 Å². The lowest BCUT2D eigenvalue weighted by atomic mass is 9.97. The van der Waals surface area contributed by atoms with E-state index in [1.54, 1.807) is 19.1 Å². The first-order chi connectivity index (χ1) is 16.7. The average Bonchev–Trinajstić information content (AvgIpc) is 2.79. The van der Waals surface area contributed by atoms with Crippen LogP contribution in [0.4, 0.5) is 18.9 Å². The Morgan fingerprint density at radius 3 is 2.39 bits per heavy atom. The zero-order valence-corrected chi connectivity index (χ0v) is 21.0. The number of alkyl halides is 3. The Labute approximate surface area is 214 Å². The van der Waals surface area contributed by atoms with Gasteiger partial charge in [0.25, 0.3) is 10.0 Å². The van der Waals surface area contributed by atoms with Crippen LogP contribution in [-0.4, -0.2) is 32.1 Å². The zero-order valence-electron chi connectivity index (χ0n) is 18.7. The van der Waals surface area contributed by atoms with E-state index < -0.39 is 37.5 Å². The van der Waals surface area contributed by atoms with Crippen LogP contribution in [0.25, 0.3) is 0 Å². The normalized spacial score (nSPS) is 11.8. The summed E-state index contributed by atoms with van der Waals surface area (Å²) in [5.74, 6) is -0.968. The third kappa shape index (κ3) is 6.15. The van der Waals surface area contributed by atoms with Crippen molar-refractivity contribution in [3.05, 3.63) is 86.7 Å². The van der Waals surface area contributed by atoms with Crippen molar-refractivity contribution in [2.45, 2.75) is 24.4 Å². The van der Waals surface area contributed by atoms with Crippen molar-refractivity contribution < 1.29 is 31.2 Å². The average molecular weight is 560 g/mol. The minimum Gasteiger partial charge on any atom is -0.359 e. The Balaban J connectivity index is 2.04. The molecule has 0 bridgehead atoms. The second-order valence-corrected chi connectivity index (χ2v) is 10.1. The molecule has 2 N–H and O–H groups in total. The van der Waals surface area contributed by atoms with Crippen molar-refractivity contribution in [1.82, 2.24) is 10.3 Å². The Morgan fingerprint density at radius 1 is 1.06 bits per heavy atom. The van der Waals surface area contributed by atoms with E-state index in [1.807, 2.05) is 0 Å². The molecule has 2 aromatic carbocycles. The summed E-state index contributed by atoms with van der Waals surface area (Å²) in [6, 6.07) is 7.97. The molecular weight excluding hydrogens is 542 g/mol. The van der Waals surface area contributed by atoms with Crippen molar-refractivity contribution >= 4 is 50.6 Å². The SMILES string of the molecule is CNC(=O)Cc1ccc(C)c(C(=O)c2ncc(Cl)cc2NS(=O)(=O)c2ccc(Cl)c(C(F)(F)F)c2)c1. The molecule has 1 aromatic heterocycles. The van der Waals surface area contributed by atoms with Crippen LogP contribution in [0, 0.1) is 6.92 Å². The number of carbonyl (C=O) groups excluding carboxylic acids is 2. The maximum Gasteiger partial charge on any atom is 0.417 e. The molecule has 3 rings (SSSR count). The topological polar surface area (TPSA) is 105 Å². The van der Waals surface area contributed by atoms with Gasteiger partial charge in [-0.05, 0) is 48.4 Å². The monoisotopic (exact) mass is 559 g/mol. The van der Waals surface area contributed by atoms with Gasteiger partial charge in [0.15, 0.2) is 0 Å². The number of ketones is 1. The summed E-state index contributed by atoms with van der Waals surface area (Å²) in [5.41, 5.74) is -0.812. The number of sulfonamides is 1. The highest BCUT2D eigenvalue weighted by atomic mass is 35.5. The molecule has 0 aliphatic heterocycles. The van der Waals surface area contributed by atoms with Gasteiger partial charge in [-0.2, -0.15) is 13.2 Å². The Bertz CT molecular complexity index is 1460. The number of nitrogens with one attached hydrogen (secondary N) is 2. The van der Waals surface area contributed by atoms with Gasteiger partial charge in [-0.3, -0.25) is 14.3 Å². The second-order valence-electron chi connectivity index (χ2n) is 7.62. The Morgan fingerprint density at radius 2 is 1.75 bits per heavy atom. The summed E-state index contributed by atoms with van der Waals surface area (Å²) in [6.45, 7) is 1.64. The summed E-state index contributed by atoms with van der Waals surface area (Å²) in [6.07, 6.45) is -3.76. The standard InChI is InChI=1S/C23H18Cl2F3N3O4S/c1-12-3-4-13(8-20(32)29-2)7-16(12)22(33)21-19(9-14(24)11-30-21)31-36(34,35)15-5-6-18(25)17(10-15)23(26,27)28/h3-7,9-11,31H,8H2,1-2H3,(H,29,32). The Hall–Kier alpha value is -3.15. The van der Waals surface area contributed by atoms with Crippen LogP contribution in [0.3, 0.4) is 0 Å². The van der Waals surface area contributed by atoms with Gasteiger partial charge >= 0.3 is 6.18 Å². The smallest absolute Gasteiger partial charge is 0.359 e. The van der Waals surface area contributed by atoms with E-state index in [1.165, 1.54) is 13.1 Å². The van der Waals surface area contributed by atoms with E-state index in [4.69, 9.17) is 23.2 Å². The predicted molar refractivity (Wildman–Crippen MR) is 129 cm³/mol. The van der Waals surface area contributed by atoms with Gasteiger partial charge in [0.05, 0.1) is 32.6 Å². The van der Waals surface area contributed by atoms with Gasteiger partial charge in [0.1, 0.15) is 5.69 Å². The number of carbonyl (C=O) groups is 2. The summed E-state index contributed by atoms with van der Waals surface area (Å²) in [5, 5.41) is 1.78. The number of halogens is 5. The molecule has 0 unspecified atom stereocenters. The number of amides is 1. The summed E-state index contributed by atoms with van der Waals surface area (Å²) >= 11 is 11.5. The minimum absolute atomic E-state index is 0.00268. The zero-order chi connectivity index (χ0) is 26.8.